The number of rotatable bonds is 14. The second-order valence-corrected chi connectivity index (χ2v) is 8.31. The Balaban J connectivity index is 1.33. The highest BCUT2D eigenvalue weighted by molar-refractivity contribution is 5.36. The first-order valence-corrected chi connectivity index (χ1v) is 11.7. The van der Waals surface area contributed by atoms with Crippen LogP contribution in [0.4, 0.5) is 0 Å². The van der Waals surface area contributed by atoms with Crippen molar-refractivity contribution in [3.8, 4) is 5.75 Å². The third-order valence-electron chi connectivity index (χ3n) is 5.71. The normalized spacial score (nSPS) is 13.0. The van der Waals surface area contributed by atoms with E-state index < -0.39 is 6.10 Å². The van der Waals surface area contributed by atoms with Crippen LogP contribution in [-0.2, 0) is 29.1 Å². The maximum atomic E-state index is 10.4. The topological polar surface area (TPSA) is 91.2 Å². The summed E-state index contributed by atoms with van der Waals surface area (Å²) in [5.41, 5.74) is 4.55. The molecule has 0 saturated heterocycles. The first kappa shape index (κ1) is 25.9. The molecule has 1 unspecified atom stereocenters. The summed E-state index contributed by atoms with van der Waals surface area (Å²) in [6.07, 6.45) is 0.165. The molecule has 6 heteroatoms. The van der Waals surface area contributed by atoms with E-state index in [2.05, 4.69) is 35.6 Å². The molecule has 2 atom stereocenters. The van der Waals surface area contributed by atoms with E-state index in [0.717, 1.165) is 24.1 Å². The Morgan fingerprint density at radius 1 is 0.882 bits per heavy atom. The quantitative estimate of drug-likeness (QED) is 0.269. The van der Waals surface area contributed by atoms with Gasteiger partial charge in [0.05, 0.1) is 38.6 Å². The Morgan fingerprint density at radius 3 is 2.47 bits per heavy atom. The number of hydrogen-bond acceptors (Lipinski definition) is 6. The monoisotopic (exact) mass is 465 g/mol. The van der Waals surface area contributed by atoms with E-state index >= 15 is 0 Å². The fourth-order valence-electron chi connectivity index (χ4n) is 3.70. The SMILES string of the molecule is CC(OCCOCc1cccc(CCNC[C@H](O)c2ccc(O)c(CO)c2)c1)c1ccccc1. The third kappa shape index (κ3) is 8.24. The fraction of sp³-hybridized carbons (Fsp3) is 0.357. The van der Waals surface area contributed by atoms with Crippen molar-refractivity contribution < 1.29 is 24.8 Å². The Labute approximate surface area is 201 Å². The molecule has 0 aliphatic carbocycles. The summed E-state index contributed by atoms with van der Waals surface area (Å²) < 4.78 is 11.6. The van der Waals surface area contributed by atoms with Crippen molar-refractivity contribution in [2.24, 2.45) is 0 Å². The number of benzene rings is 3. The zero-order valence-corrected chi connectivity index (χ0v) is 19.7. The highest BCUT2D eigenvalue weighted by atomic mass is 16.5. The molecular formula is C28H35NO5. The lowest BCUT2D eigenvalue weighted by atomic mass is 10.0. The van der Waals surface area contributed by atoms with Crippen LogP contribution < -0.4 is 5.32 Å². The number of aliphatic hydroxyl groups excluding tert-OH is 2. The number of phenols is 1. The van der Waals surface area contributed by atoms with Gasteiger partial charge in [0.25, 0.3) is 0 Å². The second kappa shape index (κ2) is 13.8. The molecule has 34 heavy (non-hydrogen) atoms. The van der Waals surface area contributed by atoms with Gasteiger partial charge in [-0.1, -0.05) is 60.7 Å². The van der Waals surface area contributed by atoms with Crippen LogP contribution in [0.1, 0.15) is 46.9 Å². The van der Waals surface area contributed by atoms with Crippen molar-refractivity contribution >= 4 is 0 Å². The van der Waals surface area contributed by atoms with Crippen LogP contribution in [-0.4, -0.2) is 41.6 Å². The van der Waals surface area contributed by atoms with Crippen LogP contribution in [0, 0.1) is 0 Å². The average Bonchev–Trinajstić information content (AvgIpc) is 2.87. The van der Waals surface area contributed by atoms with Crippen LogP contribution in [0.3, 0.4) is 0 Å². The van der Waals surface area contributed by atoms with Crippen molar-refractivity contribution in [1.82, 2.24) is 5.32 Å². The minimum atomic E-state index is -0.711. The lowest BCUT2D eigenvalue weighted by Crippen LogP contribution is -2.23. The molecular weight excluding hydrogens is 430 g/mol. The summed E-state index contributed by atoms with van der Waals surface area (Å²) in [6.45, 7) is 4.51. The summed E-state index contributed by atoms with van der Waals surface area (Å²) in [4.78, 5) is 0. The molecule has 3 aromatic rings. The number of aromatic hydroxyl groups is 1. The van der Waals surface area contributed by atoms with Crippen LogP contribution in [0.25, 0.3) is 0 Å². The van der Waals surface area contributed by atoms with E-state index in [1.54, 1.807) is 12.1 Å². The van der Waals surface area contributed by atoms with Gasteiger partial charge in [-0.2, -0.15) is 0 Å². The molecule has 0 fully saturated rings. The molecule has 3 aromatic carbocycles. The van der Waals surface area contributed by atoms with Gasteiger partial charge < -0.3 is 30.1 Å². The molecule has 0 aliphatic rings. The maximum absolute atomic E-state index is 10.4. The minimum Gasteiger partial charge on any atom is -0.508 e. The summed E-state index contributed by atoms with van der Waals surface area (Å²) >= 11 is 0. The van der Waals surface area contributed by atoms with Crippen molar-refractivity contribution in [2.75, 3.05) is 26.3 Å². The number of nitrogens with one attached hydrogen (secondary N) is 1. The van der Waals surface area contributed by atoms with Crippen molar-refractivity contribution in [3.63, 3.8) is 0 Å². The van der Waals surface area contributed by atoms with Gasteiger partial charge in [0.15, 0.2) is 0 Å². The van der Waals surface area contributed by atoms with E-state index in [0.29, 0.717) is 37.5 Å². The molecule has 0 bridgehead atoms. The lowest BCUT2D eigenvalue weighted by Gasteiger charge is -2.14. The van der Waals surface area contributed by atoms with Crippen LogP contribution in [0.2, 0.25) is 0 Å². The van der Waals surface area contributed by atoms with Gasteiger partial charge >= 0.3 is 0 Å². The molecule has 0 spiro atoms. The summed E-state index contributed by atoms with van der Waals surface area (Å²) in [6, 6.07) is 23.2. The van der Waals surface area contributed by atoms with Gasteiger partial charge in [-0.15, -0.1) is 0 Å². The minimum absolute atomic E-state index is 0.0320. The molecule has 0 aromatic heterocycles. The molecule has 0 heterocycles. The van der Waals surface area contributed by atoms with Crippen LogP contribution in [0.5, 0.6) is 5.75 Å². The third-order valence-corrected chi connectivity index (χ3v) is 5.71. The Hall–Kier alpha value is -2.74. The molecule has 182 valence electrons. The maximum Gasteiger partial charge on any atom is 0.121 e. The van der Waals surface area contributed by atoms with Crippen molar-refractivity contribution in [3.05, 3.63) is 101 Å². The van der Waals surface area contributed by atoms with Gasteiger partial charge in [0.2, 0.25) is 0 Å². The van der Waals surface area contributed by atoms with E-state index in [9.17, 15) is 15.3 Å². The summed E-state index contributed by atoms with van der Waals surface area (Å²) in [5.74, 6) is 0.0320. The van der Waals surface area contributed by atoms with Crippen LogP contribution in [0.15, 0.2) is 72.8 Å². The zero-order valence-electron chi connectivity index (χ0n) is 19.7. The second-order valence-electron chi connectivity index (χ2n) is 8.31. The highest BCUT2D eigenvalue weighted by Gasteiger charge is 2.10. The molecule has 4 N–H and O–H groups in total. The van der Waals surface area contributed by atoms with Gasteiger partial charge in [0.1, 0.15) is 5.75 Å². The first-order valence-electron chi connectivity index (χ1n) is 11.7. The van der Waals surface area contributed by atoms with Crippen molar-refractivity contribution in [2.45, 2.75) is 38.8 Å². The molecule has 0 aliphatic heterocycles. The number of hydrogen-bond donors (Lipinski definition) is 4. The molecule has 3 rings (SSSR count). The lowest BCUT2D eigenvalue weighted by molar-refractivity contribution is 0.00660. The van der Waals surface area contributed by atoms with Gasteiger partial charge in [-0.05, 0) is 54.3 Å². The zero-order chi connectivity index (χ0) is 24.2. The summed E-state index contributed by atoms with van der Waals surface area (Å²) in [5, 5.41) is 32.5. The van der Waals surface area contributed by atoms with Gasteiger partial charge in [-0.3, -0.25) is 0 Å². The molecule has 6 nitrogen and oxygen atoms in total. The fourth-order valence-corrected chi connectivity index (χ4v) is 3.70. The van der Waals surface area contributed by atoms with E-state index in [1.165, 1.54) is 11.6 Å². The predicted octanol–water partition coefficient (Wildman–Crippen LogP) is 4.04. The Bertz CT molecular complexity index is 995. The molecule has 0 amide bonds. The highest BCUT2D eigenvalue weighted by Crippen LogP contribution is 2.22. The Morgan fingerprint density at radius 2 is 1.68 bits per heavy atom. The van der Waals surface area contributed by atoms with E-state index in [4.69, 9.17) is 9.47 Å². The van der Waals surface area contributed by atoms with Crippen molar-refractivity contribution in [1.29, 1.82) is 0 Å². The number of ether oxygens (including phenoxy) is 2. The first-order chi connectivity index (χ1) is 16.6. The molecule has 0 radical (unpaired) electrons. The van der Waals surface area contributed by atoms with E-state index in [-0.39, 0.29) is 18.5 Å². The molecule has 0 saturated carbocycles. The van der Waals surface area contributed by atoms with E-state index in [1.807, 2.05) is 31.2 Å². The largest absolute Gasteiger partial charge is 0.508 e. The van der Waals surface area contributed by atoms with Gasteiger partial charge in [0, 0.05) is 12.1 Å². The van der Waals surface area contributed by atoms with Crippen LogP contribution >= 0.6 is 0 Å². The van der Waals surface area contributed by atoms with Gasteiger partial charge in [-0.25, -0.2) is 0 Å². The number of aliphatic hydroxyl groups is 2. The Kier molecular flexibility index (Phi) is 10.5. The predicted molar refractivity (Wildman–Crippen MR) is 132 cm³/mol. The average molecular weight is 466 g/mol. The summed E-state index contributed by atoms with van der Waals surface area (Å²) in [7, 11) is 0. The smallest absolute Gasteiger partial charge is 0.121 e. The standard InChI is InChI=1S/C28H35NO5/c1-21(24-8-3-2-4-9-24)34-15-14-33-20-23-7-5-6-22(16-23)12-13-29-18-28(32)25-10-11-27(31)26(17-25)19-30/h2-11,16-17,21,28-32H,12-15,18-20H2,1H3/t21?,28-/m0/s1.